The zero-order valence-corrected chi connectivity index (χ0v) is 16.5. The Kier molecular flexibility index (Phi) is 6.11. The van der Waals surface area contributed by atoms with Crippen molar-refractivity contribution in [2.45, 2.75) is 51.6 Å². The number of aromatic nitrogens is 2. The van der Waals surface area contributed by atoms with E-state index in [1.54, 1.807) is 20.8 Å². The molecule has 1 saturated heterocycles. The summed E-state index contributed by atoms with van der Waals surface area (Å²) in [6.45, 7) is 4.91. The minimum absolute atomic E-state index is 0.0389. The van der Waals surface area contributed by atoms with Gasteiger partial charge in [0.05, 0.1) is 31.6 Å². The minimum Gasteiger partial charge on any atom is -0.444 e. The van der Waals surface area contributed by atoms with Gasteiger partial charge in [-0.2, -0.15) is 18.8 Å². The van der Waals surface area contributed by atoms with Crippen molar-refractivity contribution in [1.82, 2.24) is 14.7 Å². The number of hydrogen-bond acceptors (Lipinski definition) is 7. The molecular formula is C16H23FN4O5S. The van der Waals surface area contributed by atoms with E-state index < -0.39 is 34.0 Å². The van der Waals surface area contributed by atoms with Crippen LogP contribution in [0.25, 0.3) is 0 Å². The lowest BCUT2D eigenvalue weighted by Gasteiger charge is -2.35. The maximum atomic E-state index is 14.7. The summed E-state index contributed by atoms with van der Waals surface area (Å²) in [5, 5.41) is 13.4. The summed E-state index contributed by atoms with van der Waals surface area (Å²) < 4.78 is 48.1. The van der Waals surface area contributed by atoms with E-state index in [0.29, 0.717) is 0 Å². The van der Waals surface area contributed by atoms with E-state index in [1.165, 1.54) is 15.8 Å². The smallest absolute Gasteiger partial charge is 0.410 e. The number of carbonyl (C=O) groups excluding carboxylic acids is 1. The number of carbonyl (C=O) groups is 1. The van der Waals surface area contributed by atoms with Gasteiger partial charge in [0.25, 0.3) is 10.1 Å². The number of piperidine rings is 1. The lowest BCUT2D eigenvalue weighted by Crippen LogP contribution is -2.47. The van der Waals surface area contributed by atoms with Crippen molar-refractivity contribution in [2.75, 3.05) is 19.3 Å². The first-order chi connectivity index (χ1) is 12.4. The summed E-state index contributed by atoms with van der Waals surface area (Å²) in [6.07, 6.45) is 0.376. The standard InChI is InChI=1S/C16H23FN4O5S/c1-16(2,3)26-15(22)20-6-5-13(12(17)9-20)21-14(7-18)11(8-19-21)10-25-27(4,23)24/h8,12-13H,5-6,9-10H2,1-4H3. The number of nitrogens with zero attached hydrogens (tertiary/aromatic N) is 4. The van der Waals surface area contributed by atoms with Gasteiger partial charge in [0.2, 0.25) is 0 Å². The van der Waals surface area contributed by atoms with Crippen LogP contribution in [0.2, 0.25) is 0 Å². The SMILES string of the molecule is CC(C)(C)OC(=O)N1CCC(n2ncc(COS(C)(=O)=O)c2C#N)C(F)C1. The van der Waals surface area contributed by atoms with Crippen molar-refractivity contribution < 1.29 is 26.5 Å². The highest BCUT2D eigenvalue weighted by atomic mass is 32.2. The van der Waals surface area contributed by atoms with Gasteiger partial charge in [0, 0.05) is 12.1 Å². The predicted octanol–water partition coefficient (Wildman–Crippen LogP) is 1.75. The van der Waals surface area contributed by atoms with Crippen LogP contribution in [0, 0.1) is 11.3 Å². The zero-order valence-electron chi connectivity index (χ0n) is 15.7. The largest absolute Gasteiger partial charge is 0.444 e. The molecule has 0 saturated carbocycles. The number of amides is 1. The van der Waals surface area contributed by atoms with Crippen LogP contribution in [0.4, 0.5) is 9.18 Å². The topological polar surface area (TPSA) is 115 Å². The van der Waals surface area contributed by atoms with Gasteiger partial charge in [0.15, 0.2) is 0 Å². The maximum Gasteiger partial charge on any atom is 0.410 e. The van der Waals surface area contributed by atoms with Gasteiger partial charge >= 0.3 is 6.09 Å². The molecule has 1 aromatic rings. The number of hydrogen-bond donors (Lipinski definition) is 0. The van der Waals surface area contributed by atoms with E-state index in [4.69, 9.17) is 4.74 Å². The molecule has 2 heterocycles. The van der Waals surface area contributed by atoms with Crippen LogP contribution >= 0.6 is 0 Å². The van der Waals surface area contributed by atoms with Gasteiger partial charge in [0.1, 0.15) is 23.5 Å². The molecular weight excluding hydrogens is 379 g/mol. The van der Waals surface area contributed by atoms with E-state index in [2.05, 4.69) is 9.28 Å². The van der Waals surface area contributed by atoms with Crippen molar-refractivity contribution in [2.24, 2.45) is 0 Å². The molecule has 9 nitrogen and oxygen atoms in total. The second-order valence-corrected chi connectivity index (χ2v) is 8.98. The third-order valence-electron chi connectivity index (χ3n) is 3.88. The Bertz CT molecular complexity index is 840. The molecule has 0 aromatic carbocycles. The predicted molar refractivity (Wildman–Crippen MR) is 92.9 cm³/mol. The molecule has 1 fully saturated rings. The van der Waals surface area contributed by atoms with Crippen LogP contribution in [0.1, 0.15) is 44.5 Å². The quantitative estimate of drug-likeness (QED) is 0.705. The van der Waals surface area contributed by atoms with E-state index >= 15 is 0 Å². The molecule has 11 heteroatoms. The van der Waals surface area contributed by atoms with Crippen LogP contribution < -0.4 is 0 Å². The van der Waals surface area contributed by atoms with Crippen molar-refractivity contribution in [3.63, 3.8) is 0 Å². The Balaban J connectivity index is 2.11. The monoisotopic (exact) mass is 402 g/mol. The van der Waals surface area contributed by atoms with Crippen LogP contribution in [-0.2, 0) is 25.6 Å². The van der Waals surface area contributed by atoms with Crippen LogP contribution in [0.15, 0.2) is 6.20 Å². The molecule has 150 valence electrons. The summed E-state index contributed by atoms with van der Waals surface area (Å²) in [5.41, 5.74) is -0.383. The molecule has 0 bridgehead atoms. The van der Waals surface area contributed by atoms with Crippen LogP contribution in [-0.4, -0.2) is 60.3 Å². The van der Waals surface area contributed by atoms with Gasteiger partial charge in [-0.05, 0) is 27.2 Å². The fraction of sp³-hybridized carbons (Fsp3) is 0.688. The molecule has 2 unspecified atom stereocenters. The van der Waals surface area contributed by atoms with Gasteiger partial charge < -0.3 is 9.64 Å². The summed E-state index contributed by atoms with van der Waals surface area (Å²) in [5.74, 6) is 0. The number of halogens is 1. The molecule has 0 N–H and O–H groups in total. The molecule has 1 aliphatic heterocycles. The Morgan fingerprint density at radius 2 is 2.15 bits per heavy atom. The highest BCUT2D eigenvalue weighted by Crippen LogP contribution is 2.28. The summed E-state index contributed by atoms with van der Waals surface area (Å²) in [6, 6.07) is 1.17. The Hall–Kier alpha value is -2.19. The number of ether oxygens (including phenoxy) is 1. The normalized spacial score (nSPS) is 21.0. The third-order valence-corrected chi connectivity index (χ3v) is 4.42. The Morgan fingerprint density at radius 3 is 2.67 bits per heavy atom. The summed E-state index contributed by atoms with van der Waals surface area (Å²) in [7, 11) is -3.68. The fourth-order valence-corrected chi connectivity index (χ4v) is 3.05. The van der Waals surface area contributed by atoms with E-state index in [1.807, 2.05) is 6.07 Å². The first-order valence-electron chi connectivity index (χ1n) is 8.34. The number of nitriles is 1. The molecule has 2 rings (SSSR count). The van der Waals surface area contributed by atoms with E-state index in [9.17, 15) is 22.9 Å². The first-order valence-corrected chi connectivity index (χ1v) is 10.2. The maximum absolute atomic E-state index is 14.7. The van der Waals surface area contributed by atoms with Crippen molar-refractivity contribution in [1.29, 1.82) is 5.26 Å². The fourth-order valence-electron chi connectivity index (χ4n) is 2.71. The zero-order chi connectivity index (χ0) is 20.4. The Morgan fingerprint density at radius 1 is 1.48 bits per heavy atom. The highest BCUT2D eigenvalue weighted by molar-refractivity contribution is 7.85. The number of rotatable bonds is 4. The average molecular weight is 402 g/mol. The van der Waals surface area contributed by atoms with Crippen LogP contribution in [0.5, 0.6) is 0 Å². The third kappa shape index (κ3) is 5.64. The van der Waals surface area contributed by atoms with Gasteiger partial charge in [-0.3, -0.25) is 4.18 Å². The molecule has 1 aromatic heterocycles. The molecule has 1 amide bonds. The molecule has 27 heavy (non-hydrogen) atoms. The molecule has 2 atom stereocenters. The summed E-state index contributed by atoms with van der Waals surface area (Å²) in [4.78, 5) is 13.4. The first kappa shape index (κ1) is 21.1. The molecule has 0 radical (unpaired) electrons. The van der Waals surface area contributed by atoms with Crippen LogP contribution in [0.3, 0.4) is 0 Å². The highest BCUT2D eigenvalue weighted by Gasteiger charge is 2.36. The molecule has 0 spiro atoms. The van der Waals surface area contributed by atoms with Crippen molar-refractivity contribution in [3.05, 3.63) is 17.5 Å². The Labute approximate surface area is 157 Å². The lowest BCUT2D eigenvalue weighted by atomic mass is 10.0. The van der Waals surface area contributed by atoms with E-state index in [-0.39, 0.29) is 37.4 Å². The second kappa shape index (κ2) is 7.82. The van der Waals surface area contributed by atoms with Gasteiger partial charge in [-0.1, -0.05) is 0 Å². The van der Waals surface area contributed by atoms with Gasteiger partial charge in [-0.25, -0.2) is 13.9 Å². The minimum atomic E-state index is -3.68. The average Bonchev–Trinajstić information content (AvgIpc) is 2.93. The summed E-state index contributed by atoms with van der Waals surface area (Å²) >= 11 is 0. The van der Waals surface area contributed by atoms with Crippen molar-refractivity contribution >= 4 is 16.2 Å². The molecule has 1 aliphatic rings. The molecule has 0 aliphatic carbocycles. The van der Waals surface area contributed by atoms with Crippen molar-refractivity contribution in [3.8, 4) is 6.07 Å². The van der Waals surface area contributed by atoms with Gasteiger partial charge in [-0.15, -0.1) is 0 Å². The van der Waals surface area contributed by atoms with E-state index in [0.717, 1.165) is 6.26 Å². The lowest BCUT2D eigenvalue weighted by molar-refractivity contribution is 0.00568. The number of likely N-dealkylation sites (tertiary alicyclic amines) is 1. The number of alkyl halides is 1. The second-order valence-electron chi connectivity index (χ2n) is 7.34.